The molecule has 5 rings (SSSR count). The summed E-state index contributed by atoms with van der Waals surface area (Å²) >= 11 is 1.52. The molecule has 3 aromatic heterocycles. The van der Waals surface area contributed by atoms with Crippen LogP contribution in [0.1, 0.15) is 59.8 Å². The Hall–Kier alpha value is -2.69. The van der Waals surface area contributed by atoms with Crippen molar-refractivity contribution in [3.05, 3.63) is 44.1 Å². The SMILES string of the molecule is Cc1nc2sc3c(c2c(=O)n1NC(=O)Cn1nc(C(F)(F)F)cc1C1CC1)CC[C@H](C)C3. The Labute approximate surface area is 185 Å². The lowest BCUT2D eigenvalue weighted by Crippen LogP contribution is -2.37. The number of aryl methyl sites for hydroxylation is 2. The molecule has 0 radical (unpaired) electrons. The summed E-state index contributed by atoms with van der Waals surface area (Å²) in [5.41, 5.74) is 2.55. The van der Waals surface area contributed by atoms with Crippen LogP contribution in [0.2, 0.25) is 0 Å². The van der Waals surface area contributed by atoms with Crippen LogP contribution in [0.3, 0.4) is 0 Å². The van der Waals surface area contributed by atoms with Crippen molar-refractivity contribution in [3.8, 4) is 0 Å². The van der Waals surface area contributed by atoms with Gasteiger partial charge in [0.2, 0.25) is 0 Å². The number of hydrogen-bond acceptors (Lipinski definition) is 5. The number of nitrogens with zero attached hydrogens (tertiary/aromatic N) is 4. The van der Waals surface area contributed by atoms with E-state index in [-0.39, 0.29) is 11.5 Å². The monoisotopic (exact) mass is 465 g/mol. The lowest BCUT2D eigenvalue weighted by atomic mass is 9.89. The van der Waals surface area contributed by atoms with Crippen molar-refractivity contribution in [1.29, 1.82) is 0 Å². The van der Waals surface area contributed by atoms with Gasteiger partial charge in [-0.2, -0.15) is 18.3 Å². The van der Waals surface area contributed by atoms with Crippen LogP contribution in [0, 0.1) is 12.8 Å². The van der Waals surface area contributed by atoms with E-state index in [4.69, 9.17) is 0 Å². The maximum Gasteiger partial charge on any atom is 0.435 e. The molecule has 0 aliphatic heterocycles. The highest BCUT2D eigenvalue weighted by Crippen LogP contribution is 2.42. The predicted octanol–water partition coefficient (Wildman–Crippen LogP) is 3.75. The fraction of sp³-hybridized carbons (Fsp3) is 0.524. The van der Waals surface area contributed by atoms with Gasteiger partial charge in [-0.3, -0.25) is 19.7 Å². The largest absolute Gasteiger partial charge is 0.435 e. The smallest absolute Gasteiger partial charge is 0.271 e. The molecule has 7 nitrogen and oxygen atoms in total. The first-order chi connectivity index (χ1) is 15.1. The zero-order valence-corrected chi connectivity index (χ0v) is 18.4. The van der Waals surface area contributed by atoms with E-state index in [1.54, 1.807) is 6.92 Å². The number of carbonyl (C=O) groups excluding carboxylic acids is 1. The molecule has 0 spiro atoms. The first-order valence-corrected chi connectivity index (χ1v) is 11.4. The molecule has 170 valence electrons. The van der Waals surface area contributed by atoms with Crippen molar-refractivity contribution in [2.75, 3.05) is 5.43 Å². The molecule has 0 unspecified atom stereocenters. The molecule has 0 bridgehead atoms. The standard InChI is InChI=1S/C21H22F3N5O2S/c1-10-3-6-13-15(7-10)32-19-18(13)20(31)29(11(2)25-19)27-17(30)9-28-14(12-4-5-12)8-16(26-28)21(22,23)24/h8,10,12H,3-7,9H2,1-2H3,(H,27,30)/t10-/m0/s1. The van der Waals surface area contributed by atoms with Gasteiger partial charge in [0, 0.05) is 16.5 Å². The Morgan fingerprint density at radius 2 is 2.06 bits per heavy atom. The van der Waals surface area contributed by atoms with Crippen molar-refractivity contribution in [2.24, 2.45) is 5.92 Å². The lowest BCUT2D eigenvalue weighted by molar-refractivity contribution is -0.141. The van der Waals surface area contributed by atoms with Gasteiger partial charge < -0.3 is 0 Å². The van der Waals surface area contributed by atoms with E-state index < -0.39 is 24.3 Å². The van der Waals surface area contributed by atoms with Gasteiger partial charge >= 0.3 is 6.18 Å². The molecule has 1 saturated carbocycles. The molecule has 0 aromatic carbocycles. The average molecular weight is 466 g/mol. The summed E-state index contributed by atoms with van der Waals surface area (Å²) in [5.74, 6) is 0.220. The predicted molar refractivity (Wildman–Crippen MR) is 113 cm³/mol. The summed E-state index contributed by atoms with van der Waals surface area (Å²) in [7, 11) is 0. The third kappa shape index (κ3) is 3.72. The fourth-order valence-electron chi connectivity index (χ4n) is 4.32. The van der Waals surface area contributed by atoms with E-state index in [9.17, 15) is 22.8 Å². The second-order valence-corrected chi connectivity index (χ2v) is 9.83. The number of fused-ring (bicyclic) bond motifs is 3. The van der Waals surface area contributed by atoms with Gasteiger partial charge in [-0.1, -0.05) is 6.92 Å². The Kier molecular flexibility index (Phi) is 4.92. The zero-order valence-electron chi connectivity index (χ0n) is 17.6. The molecule has 32 heavy (non-hydrogen) atoms. The molecular formula is C21H22F3N5O2S. The Bertz CT molecular complexity index is 1290. The van der Waals surface area contributed by atoms with Crippen molar-refractivity contribution in [3.63, 3.8) is 0 Å². The third-order valence-corrected chi connectivity index (χ3v) is 7.27. The topological polar surface area (TPSA) is 81.8 Å². The number of amides is 1. The van der Waals surface area contributed by atoms with E-state index in [2.05, 4.69) is 22.4 Å². The van der Waals surface area contributed by atoms with Crippen LogP contribution < -0.4 is 11.0 Å². The number of alkyl halides is 3. The molecule has 0 saturated heterocycles. The zero-order chi connectivity index (χ0) is 22.8. The number of nitrogens with one attached hydrogen (secondary N) is 1. The number of rotatable bonds is 4. The number of aromatic nitrogens is 4. The summed E-state index contributed by atoms with van der Waals surface area (Å²) in [4.78, 5) is 32.3. The summed E-state index contributed by atoms with van der Waals surface area (Å²) in [5, 5.41) is 4.13. The Balaban J connectivity index is 1.45. The number of thiophene rings is 1. The van der Waals surface area contributed by atoms with Crippen LogP contribution in [0.25, 0.3) is 10.2 Å². The van der Waals surface area contributed by atoms with Gasteiger partial charge in [-0.25, -0.2) is 9.66 Å². The summed E-state index contributed by atoms with van der Waals surface area (Å²) in [6, 6.07) is 1.01. The van der Waals surface area contributed by atoms with E-state index >= 15 is 0 Å². The van der Waals surface area contributed by atoms with Crippen molar-refractivity contribution in [1.82, 2.24) is 19.4 Å². The Morgan fingerprint density at radius 1 is 1.31 bits per heavy atom. The Morgan fingerprint density at radius 3 is 2.75 bits per heavy atom. The average Bonchev–Trinajstić information content (AvgIpc) is 3.35. The molecule has 1 atom stereocenters. The van der Waals surface area contributed by atoms with Gasteiger partial charge in [0.1, 0.15) is 17.2 Å². The highest BCUT2D eigenvalue weighted by molar-refractivity contribution is 7.18. The van der Waals surface area contributed by atoms with Crippen LogP contribution in [-0.2, 0) is 30.4 Å². The second-order valence-electron chi connectivity index (χ2n) is 8.75. The number of halogens is 3. The van der Waals surface area contributed by atoms with E-state index in [0.29, 0.717) is 27.7 Å². The lowest BCUT2D eigenvalue weighted by Gasteiger charge is -2.17. The highest BCUT2D eigenvalue weighted by atomic mass is 32.1. The minimum Gasteiger partial charge on any atom is -0.271 e. The molecule has 3 aromatic rings. The quantitative estimate of drug-likeness (QED) is 0.636. The van der Waals surface area contributed by atoms with Crippen molar-refractivity contribution >= 4 is 27.5 Å². The molecule has 1 amide bonds. The second kappa shape index (κ2) is 7.43. The molecule has 1 fully saturated rings. The van der Waals surface area contributed by atoms with Gasteiger partial charge in [0.05, 0.1) is 5.39 Å². The minimum atomic E-state index is -4.58. The van der Waals surface area contributed by atoms with Gasteiger partial charge in [-0.15, -0.1) is 11.3 Å². The highest BCUT2D eigenvalue weighted by Gasteiger charge is 2.38. The minimum absolute atomic E-state index is 0.0198. The maximum atomic E-state index is 13.2. The molecule has 2 aliphatic rings. The van der Waals surface area contributed by atoms with Crippen LogP contribution in [-0.4, -0.2) is 25.3 Å². The van der Waals surface area contributed by atoms with Gasteiger partial charge in [0.25, 0.3) is 11.5 Å². The van der Waals surface area contributed by atoms with Crippen molar-refractivity contribution in [2.45, 2.75) is 64.6 Å². The van der Waals surface area contributed by atoms with Gasteiger partial charge in [0.15, 0.2) is 5.69 Å². The fourth-order valence-corrected chi connectivity index (χ4v) is 5.74. The van der Waals surface area contributed by atoms with E-state index in [1.165, 1.54) is 11.3 Å². The third-order valence-electron chi connectivity index (χ3n) is 6.12. The normalized spacial score (nSPS) is 18.7. The molecule has 11 heteroatoms. The summed E-state index contributed by atoms with van der Waals surface area (Å²) < 4.78 is 41.5. The molecule has 2 aliphatic carbocycles. The van der Waals surface area contributed by atoms with Gasteiger partial charge in [-0.05, 0) is 56.6 Å². The number of carbonyl (C=O) groups is 1. The van der Waals surface area contributed by atoms with Crippen LogP contribution in [0.15, 0.2) is 10.9 Å². The van der Waals surface area contributed by atoms with E-state index in [1.807, 2.05) is 0 Å². The molecule has 1 N–H and O–H groups in total. The first kappa shape index (κ1) is 21.2. The summed E-state index contributed by atoms with van der Waals surface area (Å²) in [6.07, 6.45) is -0.349. The molecular weight excluding hydrogens is 443 g/mol. The first-order valence-electron chi connectivity index (χ1n) is 10.6. The van der Waals surface area contributed by atoms with Crippen molar-refractivity contribution < 1.29 is 18.0 Å². The molecule has 3 heterocycles. The summed E-state index contributed by atoms with van der Waals surface area (Å²) in [6.45, 7) is 3.39. The van der Waals surface area contributed by atoms with Crippen LogP contribution >= 0.6 is 11.3 Å². The number of hydrogen-bond donors (Lipinski definition) is 1. The van der Waals surface area contributed by atoms with Crippen LogP contribution in [0.5, 0.6) is 0 Å². The van der Waals surface area contributed by atoms with E-state index in [0.717, 1.165) is 58.0 Å². The maximum absolute atomic E-state index is 13.2. The van der Waals surface area contributed by atoms with Crippen LogP contribution in [0.4, 0.5) is 13.2 Å².